The van der Waals surface area contributed by atoms with Gasteiger partial charge < -0.3 is 20.2 Å². The molecule has 2 aliphatic heterocycles. The van der Waals surface area contributed by atoms with Crippen LogP contribution in [-0.4, -0.2) is 65.0 Å². The molecule has 2 heterocycles. The van der Waals surface area contributed by atoms with Gasteiger partial charge in [-0.1, -0.05) is 74.6 Å². The van der Waals surface area contributed by atoms with Crippen molar-refractivity contribution in [3.05, 3.63) is 65.7 Å². The molecule has 0 unspecified atom stereocenters. The lowest BCUT2D eigenvalue weighted by molar-refractivity contribution is -0.121. The van der Waals surface area contributed by atoms with E-state index in [1.807, 2.05) is 12.1 Å². The average Bonchev–Trinajstić information content (AvgIpc) is 3.45. The van der Waals surface area contributed by atoms with E-state index in [4.69, 9.17) is 4.99 Å². The smallest absolute Gasteiger partial charge is 0.220 e. The van der Waals surface area contributed by atoms with Gasteiger partial charge in [-0.2, -0.15) is 0 Å². The van der Waals surface area contributed by atoms with Gasteiger partial charge in [-0.05, 0) is 48.4 Å². The Morgan fingerprint density at radius 1 is 0.944 bits per heavy atom. The highest BCUT2D eigenvalue weighted by Gasteiger charge is 2.41. The summed E-state index contributed by atoms with van der Waals surface area (Å²) in [4.78, 5) is 22.4. The third kappa shape index (κ3) is 6.21. The SMILES string of the molecule is O=C(CCC1CCCCC1)NCCN1C2=NC[C@H](Cc3ccccc3)N2C[C@H]1Cc1ccc(O)cc1. The Morgan fingerprint density at radius 2 is 1.67 bits per heavy atom. The third-order valence-corrected chi connectivity index (χ3v) is 8.15. The van der Waals surface area contributed by atoms with Crippen LogP contribution in [0.15, 0.2) is 59.6 Å². The van der Waals surface area contributed by atoms with Crippen LogP contribution < -0.4 is 5.32 Å². The van der Waals surface area contributed by atoms with Crippen molar-refractivity contribution in [1.82, 2.24) is 15.1 Å². The maximum Gasteiger partial charge on any atom is 0.220 e. The molecule has 0 aromatic heterocycles. The summed E-state index contributed by atoms with van der Waals surface area (Å²) in [5.41, 5.74) is 2.55. The first-order valence-electron chi connectivity index (χ1n) is 13.8. The molecule has 1 amide bonds. The van der Waals surface area contributed by atoms with Gasteiger partial charge in [-0.25, -0.2) is 0 Å². The van der Waals surface area contributed by atoms with E-state index in [1.54, 1.807) is 12.1 Å². The first-order valence-corrected chi connectivity index (χ1v) is 13.8. The highest BCUT2D eigenvalue weighted by Crippen LogP contribution is 2.29. The maximum absolute atomic E-state index is 12.6. The summed E-state index contributed by atoms with van der Waals surface area (Å²) in [6.07, 6.45) is 10.2. The summed E-state index contributed by atoms with van der Waals surface area (Å²) in [7, 11) is 0. The molecule has 2 aromatic rings. The van der Waals surface area contributed by atoms with Crippen molar-refractivity contribution in [3.63, 3.8) is 0 Å². The van der Waals surface area contributed by atoms with Gasteiger partial charge in [0.05, 0.1) is 18.6 Å². The van der Waals surface area contributed by atoms with Crippen molar-refractivity contribution in [2.45, 2.75) is 69.9 Å². The summed E-state index contributed by atoms with van der Waals surface area (Å²) >= 11 is 0. The number of carbonyl (C=O) groups is 1. The Hall–Kier alpha value is -3.02. The minimum absolute atomic E-state index is 0.182. The normalized spacial score (nSPS) is 21.9. The third-order valence-electron chi connectivity index (χ3n) is 8.15. The molecule has 0 spiro atoms. The van der Waals surface area contributed by atoms with Gasteiger partial charge >= 0.3 is 0 Å². The van der Waals surface area contributed by atoms with Crippen LogP contribution in [0.5, 0.6) is 5.75 Å². The summed E-state index contributed by atoms with van der Waals surface area (Å²) in [6.45, 7) is 3.17. The maximum atomic E-state index is 12.6. The number of hydrogen-bond acceptors (Lipinski definition) is 5. The van der Waals surface area contributed by atoms with E-state index in [0.717, 1.165) is 50.8 Å². The summed E-state index contributed by atoms with van der Waals surface area (Å²) < 4.78 is 0. The molecular formula is C30H40N4O2. The first-order chi connectivity index (χ1) is 17.7. The predicted octanol–water partition coefficient (Wildman–Crippen LogP) is 4.38. The number of aliphatic imine (C=N–C) groups is 1. The van der Waals surface area contributed by atoms with Gasteiger partial charge in [0.15, 0.2) is 5.96 Å². The number of carbonyl (C=O) groups excluding carboxylic acids is 1. The minimum Gasteiger partial charge on any atom is -0.508 e. The molecule has 5 rings (SSSR count). The van der Waals surface area contributed by atoms with Crippen molar-refractivity contribution in [3.8, 4) is 5.75 Å². The van der Waals surface area contributed by atoms with E-state index in [2.05, 4.69) is 45.4 Å². The van der Waals surface area contributed by atoms with Crippen LogP contribution in [0.2, 0.25) is 0 Å². The number of hydrogen-bond donors (Lipinski definition) is 2. The number of benzene rings is 2. The van der Waals surface area contributed by atoms with Gasteiger partial charge in [0.2, 0.25) is 5.91 Å². The second kappa shape index (κ2) is 11.8. The van der Waals surface area contributed by atoms with E-state index in [0.29, 0.717) is 30.8 Å². The Balaban J connectivity index is 1.19. The van der Waals surface area contributed by atoms with Crippen molar-refractivity contribution < 1.29 is 9.90 Å². The lowest BCUT2D eigenvalue weighted by Gasteiger charge is -2.26. The molecule has 2 fully saturated rings. The number of phenolic OH excluding ortho intramolecular Hbond substituents is 1. The number of nitrogens with one attached hydrogen (secondary N) is 1. The van der Waals surface area contributed by atoms with Crippen molar-refractivity contribution in [1.29, 1.82) is 0 Å². The topological polar surface area (TPSA) is 68.2 Å². The molecule has 0 radical (unpaired) electrons. The summed E-state index contributed by atoms with van der Waals surface area (Å²) in [5.74, 6) is 2.30. The molecule has 2 atom stereocenters. The first kappa shape index (κ1) is 24.7. The number of phenols is 1. The van der Waals surface area contributed by atoms with Gasteiger partial charge in [-0.3, -0.25) is 9.79 Å². The van der Waals surface area contributed by atoms with Crippen LogP contribution in [-0.2, 0) is 17.6 Å². The highest BCUT2D eigenvalue weighted by molar-refractivity contribution is 5.85. The molecule has 6 nitrogen and oxygen atoms in total. The number of nitrogens with zero attached hydrogens (tertiary/aromatic N) is 3. The molecule has 1 aliphatic carbocycles. The average molecular weight is 489 g/mol. The second-order valence-electron chi connectivity index (χ2n) is 10.7. The van der Waals surface area contributed by atoms with E-state index in [1.165, 1.54) is 43.2 Å². The van der Waals surface area contributed by atoms with Gasteiger partial charge in [0, 0.05) is 26.1 Å². The summed E-state index contributed by atoms with van der Waals surface area (Å²) in [5, 5.41) is 12.9. The number of rotatable bonds is 10. The molecule has 36 heavy (non-hydrogen) atoms. The van der Waals surface area contributed by atoms with Crippen LogP contribution in [0.3, 0.4) is 0 Å². The minimum atomic E-state index is 0.182. The van der Waals surface area contributed by atoms with E-state index in [-0.39, 0.29) is 5.91 Å². The van der Waals surface area contributed by atoms with E-state index < -0.39 is 0 Å². The van der Waals surface area contributed by atoms with Crippen molar-refractivity contribution in [2.75, 3.05) is 26.2 Å². The Bertz CT molecular complexity index is 1020. The fourth-order valence-corrected chi connectivity index (χ4v) is 6.15. The Morgan fingerprint density at radius 3 is 2.44 bits per heavy atom. The zero-order chi connectivity index (χ0) is 24.7. The largest absolute Gasteiger partial charge is 0.508 e. The zero-order valence-corrected chi connectivity index (χ0v) is 21.3. The van der Waals surface area contributed by atoms with Gasteiger partial charge in [0.25, 0.3) is 0 Å². The zero-order valence-electron chi connectivity index (χ0n) is 21.3. The molecule has 3 aliphatic rings. The Kier molecular flexibility index (Phi) is 8.09. The number of aromatic hydroxyl groups is 1. The lowest BCUT2D eigenvalue weighted by atomic mass is 9.86. The quantitative estimate of drug-likeness (QED) is 0.521. The number of amides is 1. The molecule has 2 aromatic carbocycles. The number of fused-ring (bicyclic) bond motifs is 1. The molecule has 1 saturated carbocycles. The van der Waals surface area contributed by atoms with Gasteiger partial charge in [-0.15, -0.1) is 0 Å². The molecule has 0 bridgehead atoms. The second-order valence-corrected chi connectivity index (χ2v) is 10.7. The molecule has 6 heteroatoms. The van der Waals surface area contributed by atoms with Crippen LogP contribution in [0, 0.1) is 5.92 Å². The van der Waals surface area contributed by atoms with Crippen LogP contribution in [0.4, 0.5) is 0 Å². The molecule has 2 N–H and O–H groups in total. The van der Waals surface area contributed by atoms with Crippen LogP contribution in [0.25, 0.3) is 0 Å². The Labute approximate surface area is 215 Å². The van der Waals surface area contributed by atoms with E-state index in [9.17, 15) is 9.90 Å². The van der Waals surface area contributed by atoms with E-state index >= 15 is 0 Å². The van der Waals surface area contributed by atoms with Crippen LogP contribution in [0.1, 0.15) is 56.1 Å². The fourth-order valence-electron chi connectivity index (χ4n) is 6.15. The molecular weight excluding hydrogens is 448 g/mol. The predicted molar refractivity (Wildman–Crippen MR) is 144 cm³/mol. The fraction of sp³-hybridized carbons (Fsp3) is 0.533. The van der Waals surface area contributed by atoms with Crippen LogP contribution >= 0.6 is 0 Å². The van der Waals surface area contributed by atoms with Crippen molar-refractivity contribution >= 4 is 11.9 Å². The lowest BCUT2D eigenvalue weighted by Crippen LogP contribution is -2.42. The standard InChI is InChI=1S/C30H40N4O2/c35-28-14-11-25(12-15-28)20-27-22-34-26(19-24-9-5-2-6-10-24)21-32-30(34)33(27)18-17-31-29(36)16-13-23-7-3-1-4-8-23/h2,5-6,9-12,14-15,23,26-27,35H,1,3-4,7-8,13,16-22H2,(H,31,36)/t26-,27+/m0/s1. The monoisotopic (exact) mass is 488 g/mol. The highest BCUT2D eigenvalue weighted by atomic mass is 16.3. The summed E-state index contributed by atoms with van der Waals surface area (Å²) in [6, 6.07) is 18.9. The molecule has 192 valence electrons. The number of guanidine groups is 1. The molecule has 1 saturated heterocycles. The van der Waals surface area contributed by atoms with Crippen molar-refractivity contribution in [2.24, 2.45) is 10.9 Å². The van der Waals surface area contributed by atoms with Gasteiger partial charge in [0.1, 0.15) is 5.75 Å².